The summed E-state index contributed by atoms with van der Waals surface area (Å²) < 4.78 is 2.29. The Morgan fingerprint density at radius 3 is 2.93 bits per heavy atom. The summed E-state index contributed by atoms with van der Waals surface area (Å²) in [6.07, 6.45) is 12.9. The van der Waals surface area contributed by atoms with Crippen LogP contribution in [-0.4, -0.2) is 29.5 Å². The molecule has 5 heteroatoms. The number of nitrogens with two attached hydrogens (primary N) is 1. The van der Waals surface area contributed by atoms with E-state index in [9.17, 15) is 0 Å². The van der Waals surface area contributed by atoms with E-state index in [2.05, 4.69) is 76.7 Å². The van der Waals surface area contributed by atoms with Crippen molar-refractivity contribution >= 4 is 29.3 Å². The first-order valence-corrected chi connectivity index (χ1v) is 11.2. The molecule has 0 radical (unpaired) electrons. The predicted octanol–water partition coefficient (Wildman–Crippen LogP) is 3.24. The number of thiophene rings is 1. The summed E-state index contributed by atoms with van der Waals surface area (Å²) in [5.74, 6) is 0.661. The van der Waals surface area contributed by atoms with E-state index < -0.39 is 0 Å². The fourth-order valence-corrected chi connectivity index (χ4v) is 4.03. The minimum Gasteiger partial charge on any atom is -0.383 e. The number of allylic oxidation sites excluding steroid dienone is 2. The van der Waals surface area contributed by atoms with Crippen LogP contribution >= 0.6 is 11.3 Å². The molecule has 0 bridgehead atoms. The molecule has 0 spiro atoms. The molecule has 2 aromatic rings. The van der Waals surface area contributed by atoms with Crippen LogP contribution in [0, 0.1) is 0 Å². The number of nitrogens with one attached hydrogen (secondary N) is 1. The standard InChI is InChI=1S/C21H28N4S.C2H6/c1-3-5-6-7-20-16(4-2)9-11-25(20)14-19-12-17(15-26-19)21(22)24-18-8-10-23-13-18;1-2/h4-7,9,11-12,15,18,23H,3,8,10,13-14H2,1-2H3,(H2,22,24);1-2H3/b6-5+,16-4-,20-7+;. The molecule has 0 saturated carbocycles. The molecule has 152 valence electrons. The van der Waals surface area contributed by atoms with Crippen LogP contribution in [0.5, 0.6) is 0 Å². The van der Waals surface area contributed by atoms with Gasteiger partial charge in [0.2, 0.25) is 0 Å². The highest BCUT2D eigenvalue weighted by atomic mass is 32.1. The van der Waals surface area contributed by atoms with Crippen LogP contribution < -0.4 is 21.6 Å². The first kappa shape index (κ1) is 22.2. The highest BCUT2D eigenvalue weighted by Crippen LogP contribution is 2.16. The zero-order chi connectivity index (χ0) is 20.4. The van der Waals surface area contributed by atoms with Crippen molar-refractivity contribution in [1.29, 1.82) is 0 Å². The first-order valence-electron chi connectivity index (χ1n) is 10.3. The maximum Gasteiger partial charge on any atom is 0.126 e. The van der Waals surface area contributed by atoms with Gasteiger partial charge in [-0.15, -0.1) is 11.3 Å². The molecule has 4 nitrogen and oxygen atoms in total. The molecule has 1 atom stereocenters. The van der Waals surface area contributed by atoms with Crippen molar-refractivity contribution in [1.82, 2.24) is 9.88 Å². The Hall–Kier alpha value is -2.11. The molecule has 1 fully saturated rings. The van der Waals surface area contributed by atoms with Crippen molar-refractivity contribution in [2.45, 2.75) is 53.1 Å². The van der Waals surface area contributed by atoms with E-state index in [0.717, 1.165) is 38.0 Å². The highest BCUT2D eigenvalue weighted by Gasteiger charge is 2.14. The molecule has 0 aromatic carbocycles. The van der Waals surface area contributed by atoms with Crippen molar-refractivity contribution in [2.75, 3.05) is 13.1 Å². The average molecular weight is 399 g/mol. The topological polar surface area (TPSA) is 55.3 Å². The maximum absolute atomic E-state index is 6.22. The third-order valence-corrected chi connectivity index (χ3v) is 5.53. The summed E-state index contributed by atoms with van der Waals surface area (Å²) in [4.78, 5) is 5.95. The van der Waals surface area contributed by atoms with E-state index in [0.29, 0.717) is 11.9 Å². The lowest BCUT2D eigenvalue weighted by Crippen LogP contribution is -2.28. The fraction of sp³-hybridized carbons (Fsp3) is 0.435. The van der Waals surface area contributed by atoms with Gasteiger partial charge in [-0.2, -0.15) is 0 Å². The summed E-state index contributed by atoms with van der Waals surface area (Å²) >= 11 is 1.75. The molecule has 3 N–H and O–H groups in total. The van der Waals surface area contributed by atoms with Gasteiger partial charge in [-0.25, -0.2) is 0 Å². The van der Waals surface area contributed by atoms with E-state index in [1.54, 1.807) is 11.3 Å². The van der Waals surface area contributed by atoms with E-state index in [1.165, 1.54) is 15.4 Å². The third-order valence-electron chi connectivity index (χ3n) is 4.61. The van der Waals surface area contributed by atoms with Crippen LogP contribution in [-0.2, 0) is 6.54 Å². The Morgan fingerprint density at radius 1 is 1.43 bits per heavy atom. The summed E-state index contributed by atoms with van der Waals surface area (Å²) in [6.45, 7) is 11.0. The van der Waals surface area contributed by atoms with Gasteiger partial charge in [0.05, 0.1) is 12.6 Å². The largest absolute Gasteiger partial charge is 0.383 e. The van der Waals surface area contributed by atoms with Gasteiger partial charge in [0.1, 0.15) is 5.84 Å². The van der Waals surface area contributed by atoms with Gasteiger partial charge in [-0.3, -0.25) is 4.99 Å². The number of rotatable bonds is 6. The van der Waals surface area contributed by atoms with Gasteiger partial charge < -0.3 is 15.6 Å². The zero-order valence-corrected chi connectivity index (χ0v) is 18.4. The van der Waals surface area contributed by atoms with Crippen LogP contribution in [0.1, 0.15) is 51.0 Å². The third kappa shape index (κ3) is 5.94. The van der Waals surface area contributed by atoms with Gasteiger partial charge in [-0.1, -0.05) is 39.0 Å². The molecule has 0 aliphatic carbocycles. The van der Waals surface area contributed by atoms with Gasteiger partial charge in [-0.05, 0) is 49.7 Å². The van der Waals surface area contributed by atoms with Gasteiger partial charge in [0.25, 0.3) is 0 Å². The lowest BCUT2D eigenvalue weighted by molar-refractivity contribution is 0.743. The zero-order valence-electron chi connectivity index (χ0n) is 17.6. The summed E-state index contributed by atoms with van der Waals surface area (Å²) in [6, 6.07) is 4.66. The van der Waals surface area contributed by atoms with Crippen molar-refractivity contribution < 1.29 is 0 Å². The first-order chi connectivity index (χ1) is 13.7. The number of nitrogens with zero attached hydrogens (tertiary/aromatic N) is 2. The van der Waals surface area contributed by atoms with Crippen LogP contribution in [0.2, 0.25) is 0 Å². The van der Waals surface area contributed by atoms with E-state index in [-0.39, 0.29) is 0 Å². The molecule has 3 rings (SSSR count). The Labute approximate surface area is 173 Å². The maximum atomic E-state index is 6.22. The summed E-state index contributed by atoms with van der Waals surface area (Å²) in [5.41, 5.74) is 7.26. The minimum atomic E-state index is 0.317. The van der Waals surface area contributed by atoms with Crippen LogP contribution in [0.3, 0.4) is 0 Å². The van der Waals surface area contributed by atoms with Gasteiger partial charge in [0, 0.05) is 33.9 Å². The van der Waals surface area contributed by atoms with E-state index >= 15 is 0 Å². The predicted molar refractivity (Wildman–Crippen MR) is 124 cm³/mol. The number of hydrogen-bond donors (Lipinski definition) is 2. The molecular weight excluding hydrogens is 364 g/mol. The lowest BCUT2D eigenvalue weighted by Gasteiger charge is -2.04. The Kier molecular flexibility index (Phi) is 9.24. The summed E-state index contributed by atoms with van der Waals surface area (Å²) in [5, 5.41) is 7.95. The molecule has 3 heterocycles. The van der Waals surface area contributed by atoms with Crippen molar-refractivity contribution in [2.24, 2.45) is 10.7 Å². The van der Waals surface area contributed by atoms with E-state index in [1.807, 2.05) is 13.8 Å². The molecule has 1 saturated heterocycles. The van der Waals surface area contributed by atoms with Crippen LogP contribution in [0.4, 0.5) is 0 Å². The monoisotopic (exact) mass is 398 g/mol. The quantitative estimate of drug-likeness (QED) is 0.580. The number of aliphatic imine (C=N–C) groups is 1. The van der Waals surface area contributed by atoms with Crippen LogP contribution in [0.15, 0.2) is 40.9 Å². The SMILES string of the molecule is C/C=c1/ccn(Cc2cc(C(N)=NC3CCNC3)cs2)/c1=C/C=C/CC.CC. The smallest absolute Gasteiger partial charge is 0.126 e. The molecular formula is C23H34N4S. The minimum absolute atomic E-state index is 0.317. The second-order valence-electron chi connectivity index (χ2n) is 6.54. The van der Waals surface area contributed by atoms with E-state index in [4.69, 9.17) is 5.73 Å². The van der Waals surface area contributed by atoms with Crippen molar-refractivity contribution in [3.05, 3.63) is 56.9 Å². The number of aromatic nitrogens is 1. The Morgan fingerprint density at radius 2 is 2.25 bits per heavy atom. The molecule has 1 aliphatic rings. The second kappa shape index (κ2) is 11.7. The molecule has 1 aliphatic heterocycles. The molecule has 0 amide bonds. The van der Waals surface area contributed by atoms with Crippen LogP contribution in [0.25, 0.3) is 12.2 Å². The molecule has 2 aromatic heterocycles. The van der Waals surface area contributed by atoms with Gasteiger partial charge in [0.15, 0.2) is 0 Å². The number of amidine groups is 1. The molecule has 1 unspecified atom stereocenters. The fourth-order valence-electron chi connectivity index (χ4n) is 3.16. The molecule has 28 heavy (non-hydrogen) atoms. The Balaban J connectivity index is 0.00000136. The summed E-state index contributed by atoms with van der Waals surface area (Å²) in [7, 11) is 0. The Bertz CT molecular complexity index is 895. The lowest BCUT2D eigenvalue weighted by atomic mass is 10.2. The van der Waals surface area contributed by atoms with Gasteiger partial charge >= 0.3 is 0 Å². The average Bonchev–Trinajstić information content (AvgIpc) is 3.46. The number of hydrogen-bond acceptors (Lipinski definition) is 3. The van der Waals surface area contributed by atoms with Crippen molar-refractivity contribution in [3.8, 4) is 0 Å². The van der Waals surface area contributed by atoms with Crippen molar-refractivity contribution in [3.63, 3.8) is 0 Å². The normalized spacial score (nSPS) is 18.7. The highest BCUT2D eigenvalue weighted by molar-refractivity contribution is 7.10. The second-order valence-corrected chi connectivity index (χ2v) is 7.53.